The van der Waals surface area contributed by atoms with E-state index in [0.29, 0.717) is 0 Å². The molecule has 0 amide bonds. The van der Waals surface area contributed by atoms with E-state index in [1.807, 2.05) is 0 Å². The van der Waals surface area contributed by atoms with Gasteiger partial charge in [0.1, 0.15) is 0 Å². The second-order valence-electron chi connectivity index (χ2n) is 11.1. The Morgan fingerprint density at radius 3 is 0.441 bits per heavy atom. The van der Waals surface area contributed by atoms with Gasteiger partial charge in [0.15, 0.2) is 0 Å². The molecule has 0 aromatic rings. The molecule has 0 N–H and O–H groups in total. The van der Waals surface area contributed by atoms with Crippen LogP contribution in [0.4, 0.5) is 0 Å². The Morgan fingerprint density at radius 2 is 0.324 bits per heavy atom. The lowest BCUT2D eigenvalue weighted by molar-refractivity contribution is 0.514. The molecule has 0 heteroatoms. The predicted octanol–water partition coefficient (Wildman–Crippen LogP) is 13.1. The minimum Gasteiger partial charge on any atom is -0.103 e. The average molecular weight is 475 g/mol. The third kappa shape index (κ3) is 31.5. The topological polar surface area (TPSA) is 0 Å². The van der Waals surface area contributed by atoms with Crippen molar-refractivity contribution < 1.29 is 0 Å². The fourth-order valence-corrected chi connectivity index (χ4v) is 5.17. The van der Waals surface area contributed by atoms with Gasteiger partial charge in [-0.15, -0.1) is 13.2 Å². The Hall–Kier alpha value is -0.520. The van der Waals surface area contributed by atoms with Gasteiger partial charge in [-0.3, -0.25) is 0 Å². The van der Waals surface area contributed by atoms with Crippen LogP contribution in [0.5, 0.6) is 0 Å². The summed E-state index contributed by atoms with van der Waals surface area (Å²) < 4.78 is 0. The normalized spacial score (nSPS) is 11.2. The molecule has 0 aliphatic heterocycles. The molecule has 0 nitrogen and oxygen atoms in total. The number of unbranched alkanes of at least 4 members (excludes halogenated alkanes) is 29. The molecule has 0 spiro atoms. The van der Waals surface area contributed by atoms with Gasteiger partial charge < -0.3 is 0 Å². The average Bonchev–Trinajstić information content (AvgIpc) is 2.85. The van der Waals surface area contributed by atoms with Crippen molar-refractivity contribution in [1.29, 1.82) is 0 Å². The van der Waals surface area contributed by atoms with Crippen LogP contribution >= 0.6 is 0 Å². The molecule has 0 aliphatic rings. The third-order valence-corrected chi connectivity index (χ3v) is 7.57. The third-order valence-electron chi connectivity index (χ3n) is 7.57. The molecule has 0 aromatic carbocycles. The Kier molecular flexibility index (Phi) is 32.0. The lowest BCUT2D eigenvalue weighted by Crippen LogP contribution is -1.85. The Morgan fingerprint density at radius 1 is 0.206 bits per heavy atom. The SMILES string of the molecule is C=CCCCCCCCCCCCCCCCCCCCCCCCCCCCCCCC=C. The first-order chi connectivity index (χ1) is 16.9. The van der Waals surface area contributed by atoms with Crippen LogP contribution in [-0.2, 0) is 0 Å². The molecule has 0 aliphatic carbocycles. The van der Waals surface area contributed by atoms with Crippen LogP contribution in [-0.4, -0.2) is 0 Å². The summed E-state index contributed by atoms with van der Waals surface area (Å²) in [5.41, 5.74) is 0. The Bertz CT molecular complexity index is 332. The van der Waals surface area contributed by atoms with Crippen LogP contribution in [0.25, 0.3) is 0 Å². The maximum absolute atomic E-state index is 3.80. The van der Waals surface area contributed by atoms with Crippen molar-refractivity contribution in [3.63, 3.8) is 0 Å². The molecular weight excluding hydrogens is 408 g/mol. The largest absolute Gasteiger partial charge is 0.103 e. The number of hydrogen-bond donors (Lipinski definition) is 0. The minimum absolute atomic E-state index is 1.21. The van der Waals surface area contributed by atoms with E-state index >= 15 is 0 Å². The molecule has 0 atom stereocenters. The smallest absolute Gasteiger partial charge is 0.0353 e. The molecular formula is C34H66. The fraction of sp³-hybridized carbons (Fsp3) is 0.882. The van der Waals surface area contributed by atoms with Gasteiger partial charge in [-0.2, -0.15) is 0 Å². The second kappa shape index (κ2) is 32.5. The van der Waals surface area contributed by atoms with Gasteiger partial charge in [0.2, 0.25) is 0 Å². The van der Waals surface area contributed by atoms with E-state index < -0.39 is 0 Å². The molecule has 0 heterocycles. The van der Waals surface area contributed by atoms with Crippen LogP contribution in [0.2, 0.25) is 0 Å². The van der Waals surface area contributed by atoms with Gasteiger partial charge in [0.05, 0.1) is 0 Å². The van der Waals surface area contributed by atoms with Gasteiger partial charge in [0, 0.05) is 0 Å². The van der Waals surface area contributed by atoms with E-state index in [0.717, 1.165) is 0 Å². The summed E-state index contributed by atoms with van der Waals surface area (Å²) in [7, 11) is 0. The quantitative estimate of drug-likeness (QED) is 0.0692. The summed E-state index contributed by atoms with van der Waals surface area (Å²) >= 11 is 0. The second-order valence-corrected chi connectivity index (χ2v) is 11.1. The number of hydrogen-bond acceptors (Lipinski definition) is 0. The van der Waals surface area contributed by atoms with Crippen molar-refractivity contribution in [2.45, 2.75) is 193 Å². The molecule has 0 bridgehead atoms. The zero-order chi connectivity index (χ0) is 24.6. The van der Waals surface area contributed by atoms with Crippen molar-refractivity contribution in [3.8, 4) is 0 Å². The van der Waals surface area contributed by atoms with Crippen LogP contribution in [0.3, 0.4) is 0 Å². The van der Waals surface area contributed by atoms with Crippen molar-refractivity contribution in [1.82, 2.24) is 0 Å². The maximum Gasteiger partial charge on any atom is -0.0353 e. The first-order valence-electron chi connectivity index (χ1n) is 16.1. The molecule has 0 radical (unpaired) electrons. The lowest BCUT2D eigenvalue weighted by Gasteiger charge is -2.04. The molecule has 0 rings (SSSR count). The summed E-state index contributed by atoms with van der Waals surface area (Å²) in [4.78, 5) is 0. The van der Waals surface area contributed by atoms with Crippen molar-refractivity contribution in [2.24, 2.45) is 0 Å². The first-order valence-corrected chi connectivity index (χ1v) is 16.1. The number of allylic oxidation sites excluding steroid dienone is 2. The zero-order valence-electron chi connectivity index (χ0n) is 23.8. The maximum atomic E-state index is 3.80. The van der Waals surface area contributed by atoms with Gasteiger partial charge in [-0.05, 0) is 25.7 Å². The van der Waals surface area contributed by atoms with E-state index in [1.165, 1.54) is 193 Å². The minimum atomic E-state index is 1.21. The van der Waals surface area contributed by atoms with E-state index in [1.54, 1.807) is 0 Å². The fourth-order valence-electron chi connectivity index (χ4n) is 5.17. The van der Waals surface area contributed by atoms with Crippen molar-refractivity contribution in [3.05, 3.63) is 25.3 Å². The first kappa shape index (κ1) is 33.5. The highest BCUT2D eigenvalue weighted by molar-refractivity contribution is 4.66. The van der Waals surface area contributed by atoms with Crippen LogP contribution in [0.15, 0.2) is 25.3 Å². The van der Waals surface area contributed by atoms with Crippen molar-refractivity contribution in [2.75, 3.05) is 0 Å². The molecule has 34 heavy (non-hydrogen) atoms. The van der Waals surface area contributed by atoms with E-state index in [-0.39, 0.29) is 0 Å². The van der Waals surface area contributed by atoms with Crippen molar-refractivity contribution >= 4 is 0 Å². The summed E-state index contributed by atoms with van der Waals surface area (Å²) in [5.74, 6) is 0. The highest BCUT2D eigenvalue weighted by Crippen LogP contribution is 2.16. The highest BCUT2D eigenvalue weighted by atomic mass is 14.0. The van der Waals surface area contributed by atoms with Gasteiger partial charge >= 0.3 is 0 Å². The van der Waals surface area contributed by atoms with Crippen LogP contribution in [0, 0.1) is 0 Å². The lowest BCUT2D eigenvalue weighted by atomic mass is 10.0. The molecule has 0 saturated heterocycles. The van der Waals surface area contributed by atoms with E-state index in [4.69, 9.17) is 0 Å². The Balaban J connectivity index is 3.00. The summed E-state index contributed by atoms with van der Waals surface area (Å²) in [6, 6.07) is 0. The number of rotatable bonds is 31. The summed E-state index contributed by atoms with van der Waals surface area (Å²) in [6.07, 6.45) is 47.4. The molecule has 202 valence electrons. The molecule has 0 fully saturated rings. The Labute approximate surface area is 217 Å². The highest BCUT2D eigenvalue weighted by Gasteiger charge is 1.96. The summed E-state index contributed by atoms with van der Waals surface area (Å²) in [6.45, 7) is 7.59. The van der Waals surface area contributed by atoms with Crippen LogP contribution < -0.4 is 0 Å². The standard InChI is InChI=1S/C34H66/c1-3-5-7-9-11-13-15-17-19-21-23-25-27-29-31-33-34-32-30-28-26-24-22-20-18-16-14-12-10-8-6-4-2/h3-4H,1-2,5-34H2. The zero-order valence-corrected chi connectivity index (χ0v) is 23.8. The summed E-state index contributed by atoms with van der Waals surface area (Å²) in [5, 5.41) is 0. The van der Waals surface area contributed by atoms with E-state index in [2.05, 4.69) is 25.3 Å². The van der Waals surface area contributed by atoms with Gasteiger partial charge in [-0.1, -0.05) is 179 Å². The molecule has 0 aromatic heterocycles. The molecule has 0 unspecified atom stereocenters. The van der Waals surface area contributed by atoms with Gasteiger partial charge in [-0.25, -0.2) is 0 Å². The molecule has 0 saturated carbocycles. The van der Waals surface area contributed by atoms with Gasteiger partial charge in [0.25, 0.3) is 0 Å². The van der Waals surface area contributed by atoms with E-state index in [9.17, 15) is 0 Å². The predicted molar refractivity (Wildman–Crippen MR) is 159 cm³/mol. The monoisotopic (exact) mass is 475 g/mol. The van der Waals surface area contributed by atoms with Crippen LogP contribution in [0.1, 0.15) is 193 Å².